The van der Waals surface area contributed by atoms with E-state index in [2.05, 4.69) is 42.3 Å². The molecule has 0 saturated heterocycles. The molecule has 0 saturated carbocycles. The first-order valence-corrected chi connectivity index (χ1v) is 6.62. The normalized spacial score (nSPS) is 10.7. The molecule has 3 nitrogen and oxygen atoms in total. The van der Waals surface area contributed by atoms with Gasteiger partial charge < -0.3 is 11.1 Å². The number of aryl methyl sites for hydroxylation is 2. The highest BCUT2D eigenvalue weighted by Crippen LogP contribution is 2.28. The fourth-order valence-corrected chi connectivity index (χ4v) is 2.37. The monoisotopic (exact) mass is 263 g/mol. The minimum absolute atomic E-state index is 0.730. The topological polar surface area (TPSA) is 50.9 Å². The molecule has 0 unspecified atom stereocenters. The molecule has 0 aliphatic carbocycles. The molecule has 0 aliphatic heterocycles. The van der Waals surface area contributed by atoms with Gasteiger partial charge in [0.1, 0.15) is 0 Å². The largest absolute Gasteiger partial charge is 0.399 e. The number of nitrogens with one attached hydrogen (secondary N) is 1. The standard InChI is InChI=1S/C17H17N3/c1-11-3-6-15(12(2)9-11)20-16-7-8-19-17-10-13(18)4-5-14(16)17/h3-10H,18H2,1-2H3,(H,19,20). The van der Waals surface area contributed by atoms with Crippen molar-refractivity contribution in [1.82, 2.24) is 4.98 Å². The SMILES string of the molecule is Cc1ccc(Nc2ccnc3cc(N)ccc23)c(C)c1. The molecule has 0 bridgehead atoms. The maximum atomic E-state index is 5.81. The third-order valence-corrected chi connectivity index (χ3v) is 3.42. The zero-order valence-electron chi connectivity index (χ0n) is 11.6. The third kappa shape index (κ3) is 2.30. The molecule has 3 heteroatoms. The maximum Gasteiger partial charge on any atom is 0.0743 e. The summed E-state index contributed by atoms with van der Waals surface area (Å²) < 4.78 is 0. The van der Waals surface area contributed by atoms with Crippen LogP contribution in [0.4, 0.5) is 17.1 Å². The zero-order chi connectivity index (χ0) is 14.1. The molecule has 0 amide bonds. The Hall–Kier alpha value is -2.55. The Morgan fingerprint density at radius 1 is 0.950 bits per heavy atom. The number of nitrogen functional groups attached to an aromatic ring is 1. The minimum atomic E-state index is 0.730. The maximum absolute atomic E-state index is 5.81. The summed E-state index contributed by atoms with van der Waals surface area (Å²) in [7, 11) is 0. The van der Waals surface area contributed by atoms with Gasteiger partial charge in [0.15, 0.2) is 0 Å². The van der Waals surface area contributed by atoms with Crippen LogP contribution in [0.1, 0.15) is 11.1 Å². The van der Waals surface area contributed by atoms with Crippen molar-refractivity contribution in [2.75, 3.05) is 11.1 Å². The summed E-state index contributed by atoms with van der Waals surface area (Å²) in [4.78, 5) is 4.36. The van der Waals surface area contributed by atoms with Gasteiger partial charge in [0.2, 0.25) is 0 Å². The summed E-state index contributed by atoms with van der Waals surface area (Å²) in [6.07, 6.45) is 1.80. The highest BCUT2D eigenvalue weighted by Gasteiger charge is 2.04. The van der Waals surface area contributed by atoms with E-state index < -0.39 is 0 Å². The fourth-order valence-electron chi connectivity index (χ4n) is 2.37. The lowest BCUT2D eigenvalue weighted by atomic mass is 10.1. The Kier molecular flexibility index (Phi) is 3.03. The summed E-state index contributed by atoms with van der Waals surface area (Å²) in [6.45, 7) is 4.21. The number of fused-ring (bicyclic) bond motifs is 1. The van der Waals surface area contributed by atoms with Crippen LogP contribution in [-0.4, -0.2) is 4.98 Å². The first-order valence-electron chi connectivity index (χ1n) is 6.62. The highest BCUT2D eigenvalue weighted by atomic mass is 14.9. The number of nitrogens with zero attached hydrogens (tertiary/aromatic N) is 1. The molecule has 0 atom stereocenters. The Morgan fingerprint density at radius 3 is 2.60 bits per heavy atom. The molecule has 1 heterocycles. The lowest BCUT2D eigenvalue weighted by Gasteiger charge is -2.12. The van der Waals surface area contributed by atoms with Crippen LogP contribution in [0, 0.1) is 13.8 Å². The number of rotatable bonds is 2. The molecule has 0 fully saturated rings. The molecule has 3 N–H and O–H groups in total. The first-order chi connectivity index (χ1) is 9.63. The van der Waals surface area contributed by atoms with Crippen molar-refractivity contribution < 1.29 is 0 Å². The fraction of sp³-hybridized carbons (Fsp3) is 0.118. The van der Waals surface area contributed by atoms with E-state index in [1.165, 1.54) is 11.1 Å². The van der Waals surface area contributed by atoms with Gasteiger partial charge in [0.05, 0.1) is 5.52 Å². The van der Waals surface area contributed by atoms with Gasteiger partial charge in [-0.25, -0.2) is 0 Å². The van der Waals surface area contributed by atoms with Gasteiger partial charge in [0, 0.05) is 28.6 Å². The Bertz CT molecular complexity index is 778. The van der Waals surface area contributed by atoms with Gasteiger partial charge in [-0.15, -0.1) is 0 Å². The predicted molar refractivity (Wildman–Crippen MR) is 85.4 cm³/mol. The summed E-state index contributed by atoms with van der Waals surface area (Å²) in [5.74, 6) is 0. The van der Waals surface area contributed by atoms with Crippen molar-refractivity contribution in [1.29, 1.82) is 0 Å². The molecule has 1 aromatic heterocycles. The minimum Gasteiger partial charge on any atom is -0.399 e. The first kappa shape index (κ1) is 12.5. The summed E-state index contributed by atoms with van der Waals surface area (Å²) in [6, 6.07) is 14.2. The Balaban J connectivity index is 2.06. The van der Waals surface area contributed by atoms with Gasteiger partial charge >= 0.3 is 0 Å². The summed E-state index contributed by atoms with van der Waals surface area (Å²) in [5, 5.41) is 4.55. The lowest BCUT2D eigenvalue weighted by Crippen LogP contribution is -1.96. The van der Waals surface area contributed by atoms with E-state index in [1.807, 2.05) is 24.3 Å². The molecule has 3 aromatic rings. The van der Waals surface area contributed by atoms with E-state index in [4.69, 9.17) is 5.73 Å². The summed E-state index contributed by atoms with van der Waals surface area (Å²) in [5.41, 5.74) is 12.1. The van der Waals surface area contributed by atoms with E-state index >= 15 is 0 Å². The Labute approximate surface area is 118 Å². The summed E-state index contributed by atoms with van der Waals surface area (Å²) >= 11 is 0. The number of hydrogen-bond donors (Lipinski definition) is 2. The van der Waals surface area contributed by atoms with Gasteiger partial charge in [-0.2, -0.15) is 0 Å². The van der Waals surface area contributed by atoms with Crippen molar-refractivity contribution in [3.05, 3.63) is 59.8 Å². The van der Waals surface area contributed by atoms with E-state index in [9.17, 15) is 0 Å². The molecule has 0 aliphatic rings. The van der Waals surface area contributed by atoms with E-state index in [1.54, 1.807) is 6.20 Å². The van der Waals surface area contributed by atoms with Gasteiger partial charge in [-0.3, -0.25) is 4.98 Å². The average Bonchev–Trinajstić information content (AvgIpc) is 2.41. The van der Waals surface area contributed by atoms with Crippen molar-refractivity contribution in [3.63, 3.8) is 0 Å². The van der Waals surface area contributed by atoms with Crippen LogP contribution in [0.2, 0.25) is 0 Å². The van der Waals surface area contributed by atoms with Crippen molar-refractivity contribution in [2.45, 2.75) is 13.8 Å². The van der Waals surface area contributed by atoms with Crippen molar-refractivity contribution in [3.8, 4) is 0 Å². The van der Waals surface area contributed by atoms with Crippen molar-refractivity contribution in [2.24, 2.45) is 0 Å². The second kappa shape index (κ2) is 4.85. The predicted octanol–water partition coefficient (Wildman–Crippen LogP) is 4.18. The van der Waals surface area contributed by atoms with Gasteiger partial charge in [0.25, 0.3) is 0 Å². The quantitative estimate of drug-likeness (QED) is 0.682. The van der Waals surface area contributed by atoms with Crippen LogP contribution in [0.25, 0.3) is 10.9 Å². The van der Waals surface area contributed by atoms with Crippen LogP contribution >= 0.6 is 0 Å². The number of anilines is 3. The molecule has 2 aromatic carbocycles. The second-order valence-corrected chi connectivity index (χ2v) is 5.08. The molecule has 3 rings (SSSR count). The smallest absolute Gasteiger partial charge is 0.0743 e. The molecule has 20 heavy (non-hydrogen) atoms. The van der Waals surface area contributed by atoms with Crippen LogP contribution < -0.4 is 11.1 Å². The highest BCUT2D eigenvalue weighted by molar-refractivity contribution is 5.94. The van der Waals surface area contributed by atoms with Gasteiger partial charge in [-0.05, 0) is 49.7 Å². The van der Waals surface area contributed by atoms with Crippen LogP contribution in [0.3, 0.4) is 0 Å². The van der Waals surface area contributed by atoms with Crippen LogP contribution in [0.15, 0.2) is 48.7 Å². The van der Waals surface area contributed by atoms with E-state index in [-0.39, 0.29) is 0 Å². The third-order valence-electron chi connectivity index (χ3n) is 3.42. The number of aromatic nitrogens is 1. The van der Waals surface area contributed by atoms with Crippen LogP contribution in [-0.2, 0) is 0 Å². The average molecular weight is 263 g/mol. The van der Waals surface area contributed by atoms with E-state index in [0.29, 0.717) is 0 Å². The molecule has 0 radical (unpaired) electrons. The van der Waals surface area contributed by atoms with Crippen LogP contribution in [0.5, 0.6) is 0 Å². The Morgan fingerprint density at radius 2 is 1.80 bits per heavy atom. The van der Waals surface area contributed by atoms with E-state index in [0.717, 1.165) is 28.0 Å². The number of hydrogen-bond acceptors (Lipinski definition) is 3. The molecular weight excluding hydrogens is 246 g/mol. The lowest BCUT2D eigenvalue weighted by molar-refractivity contribution is 1.36. The molecular formula is C17H17N3. The van der Waals surface area contributed by atoms with Crippen molar-refractivity contribution >= 4 is 28.0 Å². The molecule has 0 spiro atoms. The number of benzene rings is 2. The zero-order valence-corrected chi connectivity index (χ0v) is 11.6. The number of pyridine rings is 1. The number of nitrogens with two attached hydrogens (primary N) is 1. The van der Waals surface area contributed by atoms with Gasteiger partial charge in [-0.1, -0.05) is 17.7 Å². The molecule has 100 valence electrons. The second-order valence-electron chi connectivity index (χ2n) is 5.08.